The van der Waals surface area contributed by atoms with E-state index in [4.69, 9.17) is 9.47 Å². The summed E-state index contributed by atoms with van der Waals surface area (Å²) < 4.78 is 11.5. The lowest BCUT2D eigenvalue weighted by atomic mass is 9.90. The summed E-state index contributed by atoms with van der Waals surface area (Å²) in [6, 6.07) is 8.10. The van der Waals surface area contributed by atoms with Crippen molar-refractivity contribution in [3.8, 4) is 5.75 Å². The summed E-state index contributed by atoms with van der Waals surface area (Å²) in [5.74, 6) is 1.48. The molecular weight excluding hydrogens is 483 g/mol. The van der Waals surface area contributed by atoms with Crippen LogP contribution in [-0.4, -0.2) is 62.8 Å². The van der Waals surface area contributed by atoms with E-state index in [1.165, 1.54) is 0 Å². The Morgan fingerprint density at radius 3 is 2.76 bits per heavy atom. The number of fused-ring (bicyclic) bond motifs is 1. The van der Waals surface area contributed by atoms with Crippen molar-refractivity contribution in [3.63, 3.8) is 0 Å². The fraction of sp³-hybridized carbons (Fsp3) is 0.619. The first-order chi connectivity index (χ1) is 13.3. The number of para-hydroxylation sites is 1. The van der Waals surface area contributed by atoms with Gasteiger partial charge in [0.25, 0.3) is 0 Å². The molecule has 0 aliphatic carbocycles. The minimum Gasteiger partial charge on any atom is -0.487 e. The Morgan fingerprint density at radius 2 is 2.07 bits per heavy atom. The molecule has 1 amide bonds. The van der Waals surface area contributed by atoms with Gasteiger partial charge in [0.2, 0.25) is 5.91 Å². The maximum Gasteiger partial charge on any atom is 0.243 e. The maximum atomic E-state index is 12.0. The van der Waals surface area contributed by atoms with Crippen LogP contribution in [-0.2, 0) is 9.53 Å². The number of guanidine groups is 1. The highest BCUT2D eigenvalue weighted by Crippen LogP contribution is 2.39. The topological polar surface area (TPSA) is 75.2 Å². The van der Waals surface area contributed by atoms with Crippen LogP contribution in [0.1, 0.15) is 45.2 Å². The number of aliphatic imine (C=N–C) groups is 1. The maximum absolute atomic E-state index is 12.0. The average Bonchev–Trinajstić information content (AvgIpc) is 2.64. The molecule has 8 heteroatoms. The van der Waals surface area contributed by atoms with E-state index in [9.17, 15) is 4.79 Å². The lowest BCUT2D eigenvalue weighted by Gasteiger charge is -2.38. The Balaban J connectivity index is 0.00000420. The highest BCUT2D eigenvalue weighted by Gasteiger charge is 2.34. The Bertz CT molecular complexity index is 680. The number of rotatable bonds is 8. The molecule has 0 aromatic heterocycles. The van der Waals surface area contributed by atoms with E-state index < -0.39 is 0 Å². The molecule has 29 heavy (non-hydrogen) atoms. The van der Waals surface area contributed by atoms with Crippen molar-refractivity contribution in [1.29, 1.82) is 0 Å². The lowest BCUT2D eigenvalue weighted by Crippen LogP contribution is -2.46. The highest BCUT2D eigenvalue weighted by atomic mass is 127. The number of benzene rings is 1. The number of carbonyl (C=O) groups excluding carboxylic acids is 1. The molecule has 7 nitrogen and oxygen atoms in total. The van der Waals surface area contributed by atoms with Crippen LogP contribution in [0.4, 0.5) is 0 Å². The van der Waals surface area contributed by atoms with Gasteiger partial charge in [-0.1, -0.05) is 18.2 Å². The summed E-state index contributed by atoms with van der Waals surface area (Å²) in [6.07, 6.45) is 1.66. The largest absolute Gasteiger partial charge is 0.487 e. The fourth-order valence-electron chi connectivity index (χ4n) is 3.06. The summed E-state index contributed by atoms with van der Waals surface area (Å²) >= 11 is 0. The van der Waals surface area contributed by atoms with Crippen molar-refractivity contribution < 1.29 is 14.3 Å². The number of ether oxygens (including phenoxy) is 2. The molecule has 1 aliphatic rings. The van der Waals surface area contributed by atoms with Gasteiger partial charge < -0.3 is 25.0 Å². The van der Waals surface area contributed by atoms with Gasteiger partial charge in [0, 0.05) is 45.8 Å². The van der Waals surface area contributed by atoms with Crippen molar-refractivity contribution >= 4 is 35.8 Å². The first-order valence-corrected chi connectivity index (χ1v) is 9.93. The van der Waals surface area contributed by atoms with E-state index in [0.29, 0.717) is 19.2 Å². The van der Waals surface area contributed by atoms with E-state index in [2.05, 4.69) is 35.5 Å². The number of hydrogen-bond acceptors (Lipinski definition) is 4. The summed E-state index contributed by atoms with van der Waals surface area (Å²) in [7, 11) is 3.47. The van der Waals surface area contributed by atoms with Gasteiger partial charge in [0.15, 0.2) is 5.96 Å². The Labute approximate surface area is 191 Å². The average molecular weight is 518 g/mol. The van der Waals surface area contributed by atoms with Crippen LogP contribution in [0, 0.1) is 0 Å². The van der Waals surface area contributed by atoms with Crippen molar-refractivity contribution in [2.45, 2.75) is 45.3 Å². The monoisotopic (exact) mass is 518 g/mol. The molecule has 1 aromatic rings. The zero-order valence-corrected chi connectivity index (χ0v) is 20.5. The third-order valence-electron chi connectivity index (χ3n) is 4.52. The molecule has 2 rings (SSSR count). The van der Waals surface area contributed by atoms with E-state index in [0.717, 1.165) is 30.7 Å². The van der Waals surface area contributed by atoms with Gasteiger partial charge in [-0.05, 0) is 33.3 Å². The molecule has 1 atom stereocenters. The van der Waals surface area contributed by atoms with Crippen molar-refractivity contribution in [2.75, 3.05) is 40.4 Å². The van der Waals surface area contributed by atoms with Gasteiger partial charge in [0.05, 0.1) is 6.04 Å². The highest BCUT2D eigenvalue weighted by molar-refractivity contribution is 14.0. The summed E-state index contributed by atoms with van der Waals surface area (Å²) in [5.41, 5.74) is 0.815. The predicted octanol–water partition coefficient (Wildman–Crippen LogP) is 2.96. The number of hydrogen-bond donors (Lipinski definition) is 2. The summed E-state index contributed by atoms with van der Waals surface area (Å²) in [4.78, 5) is 18.0. The number of halogens is 1. The first-order valence-electron chi connectivity index (χ1n) is 9.93. The molecule has 0 spiro atoms. The molecule has 1 aromatic carbocycles. The standard InChI is InChI=1S/C21H34N4O3.HI/c1-6-27-13-9-12-22-20(23-15-19(26)25(4)5)24-17-14-21(2,3)28-18-11-8-7-10-16(17)18;/h7-8,10-11,17H,6,9,12-15H2,1-5H3,(H2,22,23,24);1H. The van der Waals surface area contributed by atoms with Crippen LogP contribution in [0.3, 0.4) is 0 Å². The number of nitrogens with zero attached hydrogens (tertiary/aromatic N) is 2. The van der Waals surface area contributed by atoms with E-state index in [1.54, 1.807) is 19.0 Å². The normalized spacial score (nSPS) is 17.4. The molecule has 1 heterocycles. The Kier molecular flexibility index (Phi) is 10.7. The summed E-state index contributed by atoms with van der Waals surface area (Å²) in [5, 5.41) is 6.83. The fourth-order valence-corrected chi connectivity index (χ4v) is 3.06. The van der Waals surface area contributed by atoms with Crippen molar-refractivity contribution in [3.05, 3.63) is 29.8 Å². The second-order valence-electron chi connectivity index (χ2n) is 7.73. The van der Waals surface area contributed by atoms with Gasteiger partial charge >= 0.3 is 0 Å². The molecule has 164 valence electrons. The first kappa shape index (κ1) is 25.5. The van der Waals surface area contributed by atoms with Crippen LogP contribution in [0.15, 0.2) is 29.3 Å². The molecule has 0 fully saturated rings. The van der Waals surface area contributed by atoms with Crippen LogP contribution in [0.5, 0.6) is 5.75 Å². The molecule has 2 N–H and O–H groups in total. The second-order valence-corrected chi connectivity index (χ2v) is 7.73. The molecular formula is C21H35IN4O3. The van der Waals surface area contributed by atoms with Crippen molar-refractivity contribution in [1.82, 2.24) is 15.5 Å². The van der Waals surface area contributed by atoms with E-state index >= 15 is 0 Å². The van der Waals surface area contributed by atoms with Gasteiger partial charge in [0.1, 0.15) is 17.9 Å². The molecule has 0 bridgehead atoms. The van der Waals surface area contributed by atoms with Crippen LogP contribution in [0.25, 0.3) is 0 Å². The summed E-state index contributed by atoms with van der Waals surface area (Å²) in [6.45, 7) is 8.38. The van der Waals surface area contributed by atoms with E-state index in [1.807, 2.05) is 25.1 Å². The molecule has 0 saturated heterocycles. The van der Waals surface area contributed by atoms with Gasteiger partial charge in [-0.3, -0.25) is 4.79 Å². The smallest absolute Gasteiger partial charge is 0.243 e. The minimum absolute atomic E-state index is 0. The molecule has 0 saturated carbocycles. The van der Waals surface area contributed by atoms with Crippen molar-refractivity contribution in [2.24, 2.45) is 4.99 Å². The Morgan fingerprint density at radius 1 is 1.34 bits per heavy atom. The van der Waals surface area contributed by atoms with Gasteiger partial charge in [-0.25, -0.2) is 4.99 Å². The quantitative estimate of drug-likeness (QED) is 0.240. The van der Waals surface area contributed by atoms with Crippen LogP contribution >= 0.6 is 24.0 Å². The SMILES string of the molecule is CCOCCCNC(=NCC(=O)N(C)C)NC1CC(C)(C)Oc2ccccc21.I. The minimum atomic E-state index is -0.286. The van der Waals surface area contributed by atoms with E-state index in [-0.39, 0.29) is 48.1 Å². The van der Waals surface area contributed by atoms with Gasteiger partial charge in [-0.15, -0.1) is 24.0 Å². The third kappa shape index (κ3) is 8.38. The Hall–Kier alpha value is -1.55. The number of amides is 1. The predicted molar refractivity (Wildman–Crippen MR) is 127 cm³/mol. The molecule has 1 unspecified atom stereocenters. The second kappa shape index (κ2) is 12.2. The number of nitrogens with one attached hydrogen (secondary N) is 2. The molecule has 0 radical (unpaired) electrons. The number of carbonyl (C=O) groups is 1. The molecule has 1 aliphatic heterocycles. The van der Waals surface area contributed by atoms with Crippen LogP contribution in [0.2, 0.25) is 0 Å². The number of likely N-dealkylation sites (N-methyl/N-ethyl adjacent to an activating group) is 1. The lowest BCUT2D eigenvalue weighted by molar-refractivity contribution is -0.127. The zero-order valence-electron chi connectivity index (χ0n) is 18.2. The zero-order chi connectivity index (χ0) is 20.6. The van der Waals surface area contributed by atoms with Gasteiger partial charge in [-0.2, -0.15) is 0 Å². The third-order valence-corrected chi connectivity index (χ3v) is 4.52. The van der Waals surface area contributed by atoms with Crippen LogP contribution < -0.4 is 15.4 Å².